The standard InChI is InChI=1S/C7H7N5O2/c1-4-10-12-7(14-4)6-9-5(13-2)3-8-11-6/h3H,1-2H3. The number of nitrogens with zero attached hydrogens (tertiary/aromatic N) is 5. The number of methoxy groups -OCH3 is 1. The van der Waals surface area contributed by atoms with Gasteiger partial charge in [-0.15, -0.1) is 15.3 Å². The smallest absolute Gasteiger partial charge is 0.287 e. The van der Waals surface area contributed by atoms with Gasteiger partial charge in [-0.3, -0.25) is 0 Å². The Morgan fingerprint density at radius 2 is 2.14 bits per heavy atom. The molecule has 0 aliphatic carbocycles. The molecule has 0 saturated heterocycles. The Labute approximate surface area is 79.2 Å². The van der Waals surface area contributed by atoms with Crippen LogP contribution in [-0.2, 0) is 0 Å². The lowest BCUT2D eigenvalue weighted by Gasteiger charge is -1.96. The third-order valence-electron chi connectivity index (χ3n) is 1.46. The molecule has 0 aromatic carbocycles. The van der Waals surface area contributed by atoms with Crippen LogP contribution in [0.25, 0.3) is 11.7 Å². The fourth-order valence-electron chi connectivity index (χ4n) is 0.864. The molecule has 2 aromatic heterocycles. The number of hydrogen-bond donors (Lipinski definition) is 0. The Balaban J connectivity index is 2.41. The largest absolute Gasteiger partial charge is 0.480 e. The van der Waals surface area contributed by atoms with Gasteiger partial charge in [0.05, 0.1) is 7.11 Å². The molecule has 2 aromatic rings. The highest BCUT2D eigenvalue weighted by molar-refractivity contribution is 5.38. The molecule has 0 radical (unpaired) electrons. The molecule has 2 rings (SSSR count). The highest BCUT2D eigenvalue weighted by atomic mass is 16.5. The summed E-state index contributed by atoms with van der Waals surface area (Å²) in [6, 6.07) is 0. The Hall–Kier alpha value is -2.05. The Morgan fingerprint density at radius 1 is 1.29 bits per heavy atom. The van der Waals surface area contributed by atoms with Crippen molar-refractivity contribution >= 4 is 0 Å². The van der Waals surface area contributed by atoms with Crippen molar-refractivity contribution in [1.29, 1.82) is 0 Å². The molecule has 0 bridgehead atoms. The average Bonchev–Trinajstić information content (AvgIpc) is 2.65. The maximum Gasteiger partial charge on any atom is 0.287 e. The first kappa shape index (κ1) is 8.54. The van der Waals surface area contributed by atoms with Crippen molar-refractivity contribution in [2.45, 2.75) is 6.92 Å². The maximum absolute atomic E-state index is 5.13. The van der Waals surface area contributed by atoms with E-state index in [1.54, 1.807) is 6.92 Å². The van der Waals surface area contributed by atoms with Gasteiger partial charge in [-0.05, 0) is 0 Å². The molecular formula is C7H7N5O2. The van der Waals surface area contributed by atoms with Crippen LogP contribution in [0.3, 0.4) is 0 Å². The zero-order valence-corrected chi connectivity index (χ0v) is 7.63. The second-order valence-electron chi connectivity index (χ2n) is 2.45. The number of aromatic nitrogens is 5. The topological polar surface area (TPSA) is 86.8 Å². The summed E-state index contributed by atoms with van der Waals surface area (Å²) in [4.78, 5) is 3.98. The summed E-state index contributed by atoms with van der Waals surface area (Å²) in [7, 11) is 1.49. The van der Waals surface area contributed by atoms with Gasteiger partial charge in [0.15, 0.2) is 0 Å². The van der Waals surface area contributed by atoms with Crippen LogP contribution in [-0.4, -0.2) is 32.5 Å². The summed E-state index contributed by atoms with van der Waals surface area (Å²) in [6.07, 6.45) is 1.40. The Morgan fingerprint density at radius 3 is 2.79 bits per heavy atom. The molecule has 0 aliphatic rings. The average molecular weight is 193 g/mol. The van der Waals surface area contributed by atoms with E-state index in [2.05, 4.69) is 25.4 Å². The summed E-state index contributed by atoms with van der Waals surface area (Å²) in [5, 5.41) is 14.8. The van der Waals surface area contributed by atoms with Gasteiger partial charge >= 0.3 is 0 Å². The van der Waals surface area contributed by atoms with Crippen molar-refractivity contribution < 1.29 is 9.15 Å². The number of hydrogen-bond acceptors (Lipinski definition) is 7. The summed E-state index contributed by atoms with van der Waals surface area (Å²) in [5.41, 5.74) is 0. The van der Waals surface area contributed by atoms with E-state index in [-0.39, 0.29) is 11.7 Å². The van der Waals surface area contributed by atoms with E-state index < -0.39 is 0 Å². The second kappa shape index (κ2) is 3.36. The maximum atomic E-state index is 5.13. The Bertz CT molecular complexity index is 441. The lowest BCUT2D eigenvalue weighted by Crippen LogP contribution is -1.95. The molecule has 2 heterocycles. The van der Waals surface area contributed by atoms with Gasteiger partial charge in [0, 0.05) is 6.92 Å². The van der Waals surface area contributed by atoms with Crippen molar-refractivity contribution in [3.63, 3.8) is 0 Å². The monoisotopic (exact) mass is 193 g/mol. The van der Waals surface area contributed by atoms with Gasteiger partial charge in [0.25, 0.3) is 5.89 Å². The number of ether oxygens (including phenoxy) is 1. The van der Waals surface area contributed by atoms with Crippen LogP contribution in [0, 0.1) is 6.92 Å². The van der Waals surface area contributed by atoms with Crippen LogP contribution < -0.4 is 4.74 Å². The number of rotatable bonds is 2. The lowest BCUT2D eigenvalue weighted by molar-refractivity contribution is 0.393. The summed E-state index contributed by atoms with van der Waals surface area (Å²) < 4.78 is 10.0. The quantitative estimate of drug-likeness (QED) is 0.674. The minimum Gasteiger partial charge on any atom is -0.480 e. The van der Waals surface area contributed by atoms with Crippen molar-refractivity contribution in [2.24, 2.45) is 0 Å². The van der Waals surface area contributed by atoms with Gasteiger partial charge in [0.2, 0.25) is 17.6 Å². The van der Waals surface area contributed by atoms with E-state index in [1.807, 2.05) is 0 Å². The fraction of sp³-hybridized carbons (Fsp3) is 0.286. The normalized spacial score (nSPS) is 10.1. The third-order valence-corrected chi connectivity index (χ3v) is 1.46. The predicted molar refractivity (Wildman–Crippen MR) is 44.4 cm³/mol. The van der Waals surface area contributed by atoms with E-state index in [9.17, 15) is 0 Å². The van der Waals surface area contributed by atoms with Crippen molar-refractivity contribution in [1.82, 2.24) is 25.4 Å². The third kappa shape index (κ3) is 1.51. The van der Waals surface area contributed by atoms with Gasteiger partial charge < -0.3 is 9.15 Å². The van der Waals surface area contributed by atoms with E-state index in [0.29, 0.717) is 11.8 Å². The summed E-state index contributed by atoms with van der Waals surface area (Å²) >= 11 is 0. The molecule has 14 heavy (non-hydrogen) atoms. The molecule has 0 spiro atoms. The fourth-order valence-corrected chi connectivity index (χ4v) is 0.864. The molecule has 7 nitrogen and oxygen atoms in total. The van der Waals surface area contributed by atoms with E-state index in [1.165, 1.54) is 13.3 Å². The molecule has 0 N–H and O–H groups in total. The first-order valence-corrected chi connectivity index (χ1v) is 3.84. The van der Waals surface area contributed by atoms with Crippen LogP contribution in [0.5, 0.6) is 5.88 Å². The SMILES string of the molecule is COc1cnnc(-c2nnc(C)o2)n1. The van der Waals surface area contributed by atoms with Crippen molar-refractivity contribution in [2.75, 3.05) is 7.11 Å². The zero-order chi connectivity index (χ0) is 9.97. The number of aryl methyl sites for hydroxylation is 1. The zero-order valence-electron chi connectivity index (χ0n) is 7.63. The van der Waals surface area contributed by atoms with Crippen LogP contribution in [0.2, 0.25) is 0 Å². The Kier molecular flexibility index (Phi) is 2.05. The van der Waals surface area contributed by atoms with E-state index in [4.69, 9.17) is 9.15 Å². The van der Waals surface area contributed by atoms with E-state index >= 15 is 0 Å². The molecule has 72 valence electrons. The summed E-state index contributed by atoms with van der Waals surface area (Å²) in [5.74, 6) is 1.29. The van der Waals surface area contributed by atoms with Gasteiger partial charge in [0.1, 0.15) is 6.20 Å². The van der Waals surface area contributed by atoms with Crippen molar-refractivity contribution in [3.05, 3.63) is 12.1 Å². The van der Waals surface area contributed by atoms with Crippen LogP contribution in [0.1, 0.15) is 5.89 Å². The second-order valence-corrected chi connectivity index (χ2v) is 2.45. The molecule has 0 unspecified atom stereocenters. The first-order valence-electron chi connectivity index (χ1n) is 3.84. The molecule has 0 aliphatic heterocycles. The van der Waals surface area contributed by atoms with Gasteiger partial charge in [-0.1, -0.05) is 0 Å². The van der Waals surface area contributed by atoms with Crippen LogP contribution in [0.4, 0.5) is 0 Å². The predicted octanol–water partition coefficient (Wildman–Crippen LogP) is 0.239. The molecule has 0 amide bonds. The van der Waals surface area contributed by atoms with E-state index in [0.717, 1.165) is 0 Å². The first-order chi connectivity index (χ1) is 6.79. The molecule has 7 heteroatoms. The van der Waals surface area contributed by atoms with Crippen molar-refractivity contribution in [3.8, 4) is 17.6 Å². The highest BCUT2D eigenvalue weighted by Gasteiger charge is 2.10. The minimum atomic E-state index is 0.230. The van der Waals surface area contributed by atoms with Gasteiger partial charge in [-0.25, -0.2) is 0 Å². The minimum absolute atomic E-state index is 0.230. The molecule has 0 fully saturated rings. The molecule has 0 atom stereocenters. The summed E-state index contributed by atoms with van der Waals surface area (Å²) in [6.45, 7) is 1.68. The molecule has 0 saturated carbocycles. The molecular weight excluding hydrogens is 186 g/mol. The van der Waals surface area contributed by atoms with Gasteiger partial charge in [-0.2, -0.15) is 10.1 Å². The lowest BCUT2D eigenvalue weighted by atomic mass is 10.6. The highest BCUT2D eigenvalue weighted by Crippen LogP contribution is 2.13. The van der Waals surface area contributed by atoms with Crippen LogP contribution >= 0.6 is 0 Å². The van der Waals surface area contributed by atoms with Crippen LogP contribution in [0.15, 0.2) is 10.6 Å².